The molecule has 1 aromatic rings. The normalized spacial score (nSPS) is 14.0. The maximum absolute atomic E-state index is 12.4. The van der Waals surface area contributed by atoms with Crippen LogP contribution in [0.1, 0.15) is 76.7 Å². The van der Waals surface area contributed by atoms with Crippen molar-refractivity contribution in [1.82, 2.24) is 0 Å². The van der Waals surface area contributed by atoms with Crippen molar-refractivity contribution in [1.29, 1.82) is 0 Å². The van der Waals surface area contributed by atoms with Crippen molar-refractivity contribution in [3.05, 3.63) is 41.1 Å². The highest BCUT2D eigenvalue weighted by molar-refractivity contribution is 5.13. The number of benzene rings is 1. The van der Waals surface area contributed by atoms with Crippen LogP contribution in [0.25, 0.3) is 0 Å². The standard InChI is InChI=1S/C20H35NO/c1-3-4-5-6-7-8-9-10-11-15-18-21(2,22)19-20-16-13-12-14-17-20/h12-14,16-17H,3-11,15,18-19H2,1-2H3. The van der Waals surface area contributed by atoms with Crippen LogP contribution in [0.4, 0.5) is 0 Å². The van der Waals surface area contributed by atoms with Crippen molar-refractivity contribution in [2.24, 2.45) is 0 Å². The zero-order valence-corrected chi connectivity index (χ0v) is 14.7. The Kier molecular flexibility index (Phi) is 10.2. The molecule has 22 heavy (non-hydrogen) atoms. The highest BCUT2D eigenvalue weighted by Gasteiger charge is 2.10. The predicted octanol–water partition coefficient (Wildman–Crippen LogP) is 6.05. The van der Waals surface area contributed by atoms with Crippen molar-refractivity contribution >= 4 is 0 Å². The molecule has 0 aliphatic rings. The Morgan fingerprint density at radius 1 is 0.773 bits per heavy atom. The average Bonchev–Trinajstić information content (AvgIpc) is 2.49. The van der Waals surface area contributed by atoms with Crippen LogP contribution < -0.4 is 0 Å². The highest BCUT2D eigenvalue weighted by Crippen LogP contribution is 2.14. The Hall–Kier alpha value is -0.860. The average molecular weight is 306 g/mol. The van der Waals surface area contributed by atoms with Gasteiger partial charge in [-0.05, 0) is 12.8 Å². The van der Waals surface area contributed by atoms with Crippen molar-refractivity contribution < 1.29 is 4.65 Å². The van der Waals surface area contributed by atoms with Gasteiger partial charge in [-0.1, -0.05) is 88.6 Å². The lowest BCUT2D eigenvalue weighted by Crippen LogP contribution is -2.37. The molecule has 0 saturated heterocycles. The van der Waals surface area contributed by atoms with E-state index in [1.54, 1.807) is 7.05 Å². The lowest BCUT2D eigenvalue weighted by molar-refractivity contribution is -0.874. The Labute approximate surface area is 137 Å². The molecule has 0 N–H and O–H groups in total. The first-order valence-corrected chi connectivity index (χ1v) is 9.23. The summed E-state index contributed by atoms with van der Waals surface area (Å²) in [5.74, 6) is 0. The van der Waals surface area contributed by atoms with Gasteiger partial charge in [-0.15, -0.1) is 0 Å². The molecule has 0 aliphatic carbocycles. The Morgan fingerprint density at radius 3 is 1.82 bits per heavy atom. The van der Waals surface area contributed by atoms with E-state index in [0.29, 0.717) is 6.54 Å². The molecule has 0 fully saturated rings. The first-order chi connectivity index (χ1) is 10.6. The van der Waals surface area contributed by atoms with Crippen LogP contribution in [0.2, 0.25) is 0 Å². The predicted molar refractivity (Wildman–Crippen MR) is 96.4 cm³/mol. The van der Waals surface area contributed by atoms with E-state index < -0.39 is 0 Å². The van der Waals surface area contributed by atoms with E-state index in [0.717, 1.165) is 18.5 Å². The third-order valence-electron chi connectivity index (χ3n) is 4.34. The molecule has 1 atom stereocenters. The minimum atomic E-state index is -0.138. The van der Waals surface area contributed by atoms with Gasteiger partial charge in [-0.3, -0.25) is 0 Å². The van der Waals surface area contributed by atoms with Gasteiger partial charge in [-0.2, -0.15) is 0 Å². The summed E-state index contributed by atoms with van der Waals surface area (Å²) in [7, 11) is 1.81. The van der Waals surface area contributed by atoms with Crippen LogP contribution in [0.5, 0.6) is 0 Å². The Bertz CT molecular complexity index is 361. The molecule has 1 unspecified atom stereocenters. The molecule has 1 aromatic carbocycles. The number of nitrogens with zero attached hydrogens (tertiary/aromatic N) is 1. The van der Waals surface area contributed by atoms with Gasteiger partial charge in [0.1, 0.15) is 6.54 Å². The van der Waals surface area contributed by atoms with Crippen molar-refractivity contribution in [3.8, 4) is 0 Å². The molecule has 1 rings (SSSR count). The van der Waals surface area contributed by atoms with Crippen molar-refractivity contribution in [2.75, 3.05) is 13.6 Å². The SMILES string of the molecule is CCCCCCCCCCCC[N+](C)([O-])Cc1ccccc1. The number of hydroxylamine groups is 3. The Balaban J connectivity index is 1.99. The first-order valence-electron chi connectivity index (χ1n) is 9.23. The summed E-state index contributed by atoms with van der Waals surface area (Å²) in [5, 5.41) is 12.4. The number of quaternary nitrogens is 1. The number of rotatable bonds is 13. The topological polar surface area (TPSA) is 23.1 Å². The molecule has 0 aliphatic heterocycles. The van der Waals surface area contributed by atoms with Gasteiger partial charge < -0.3 is 9.85 Å². The van der Waals surface area contributed by atoms with Gasteiger partial charge in [0.15, 0.2) is 0 Å². The van der Waals surface area contributed by atoms with Gasteiger partial charge in [0, 0.05) is 5.56 Å². The molecular weight excluding hydrogens is 270 g/mol. The first kappa shape index (κ1) is 19.2. The summed E-state index contributed by atoms with van der Waals surface area (Å²) >= 11 is 0. The summed E-state index contributed by atoms with van der Waals surface area (Å²) in [4.78, 5) is 0. The van der Waals surface area contributed by atoms with E-state index in [1.165, 1.54) is 57.8 Å². The molecule has 0 heterocycles. The molecule has 0 aromatic heterocycles. The molecule has 2 nitrogen and oxygen atoms in total. The van der Waals surface area contributed by atoms with Crippen LogP contribution in [0, 0.1) is 5.21 Å². The van der Waals surface area contributed by atoms with Gasteiger partial charge in [-0.25, -0.2) is 0 Å². The molecule has 0 saturated carbocycles. The maximum Gasteiger partial charge on any atom is 0.104 e. The molecule has 126 valence electrons. The fourth-order valence-corrected chi connectivity index (χ4v) is 2.98. The minimum absolute atomic E-state index is 0.138. The zero-order chi connectivity index (χ0) is 16.1. The smallest absolute Gasteiger partial charge is 0.104 e. The van der Waals surface area contributed by atoms with Crippen molar-refractivity contribution in [3.63, 3.8) is 0 Å². The molecular formula is C20H35NO. The Morgan fingerprint density at radius 2 is 1.27 bits per heavy atom. The van der Waals surface area contributed by atoms with Crippen LogP contribution in [0.15, 0.2) is 30.3 Å². The summed E-state index contributed by atoms with van der Waals surface area (Å²) in [5.41, 5.74) is 1.15. The fourth-order valence-electron chi connectivity index (χ4n) is 2.98. The number of unbranched alkanes of at least 4 members (excludes halogenated alkanes) is 9. The minimum Gasteiger partial charge on any atom is -0.633 e. The van der Waals surface area contributed by atoms with Crippen LogP contribution >= 0.6 is 0 Å². The largest absolute Gasteiger partial charge is 0.633 e. The van der Waals surface area contributed by atoms with Gasteiger partial charge in [0.25, 0.3) is 0 Å². The third kappa shape index (κ3) is 9.97. The van der Waals surface area contributed by atoms with Crippen molar-refractivity contribution in [2.45, 2.75) is 77.7 Å². The fraction of sp³-hybridized carbons (Fsp3) is 0.700. The lowest BCUT2D eigenvalue weighted by Gasteiger charge is -2.38. The number of hydrogen-bond donors (Lipinski definition) is 0. The zero-order valence-electron chi connectivity index (χ0n) is 14.7. The second-order valence-corrected chi connectivity index (χ2v) is 6.85. The van der Waals surface area contributed by atoms with Gasteiger partial charge in [0.2, 0.25) is 0 Å². The summed E-state index contributed by atoms with van der Waals surface area (Å²) in [6.07, 6.45) is 13.2. The monoisotopic (exact) mass is 305 g/mol. The van der Waals surface area contributed by atoms with E-state index in [2.05, 4.69) is 6.92 Å². The van der Waals surface area contributed by atoms with Crippen LogP contribution in [-0.4, -0.2) is 18.2 Å². The highest BCUT2D eigenvalue weighted by atomic mass is 16.5. The van der Waals surface area contributed by atoms with E-state index in [-0.39, 0.29) is 4.65 Å². The van der Waals surface area contributed by atoms with Crippen LogP contribution in [0.3, 0.4) is 0 Å². The molecule has 0 bridgehead atoms. The second-order valence-electron chi connectivity index (χ2n) is 6.85. The van der Waals surface area contributed by atoms with Gasteiger partial charge >= 0.3 is 0 Å². The molecule has 2 heteroatoms. The second kappa shape index (κ2) is 11.7. The number of hydrogen-bond acceptors (Lipinski definition) is 1. The van der Waals surface area contributed by atoms with E-state index in [1.807, 2.05) is 30.3 Å². The summed E-state index contributed by atoms with van der Waals surface area (Å²) < 4.78 is -0.138. The van der Waals surface area contributed by atoms with E-state index in [9.17, 15) is 5.21 Å². The third-order valence-corrected chi connectivity index (χ3v) is 4.34. The van der Waals surface area contributed by atoms with E-state index >= 15 is 0 Å². The molecule has 0 radical (unpaired) electrons. The van der Waals surface area contributed by atoms with E-state index in [4.69, 9.17) is 0 Å². The van der Waals surface area contributed by atoms with Crippen LogP contribution in [-0.2, 0) is 6.54 Å². The quantitative estimate of drug-likeness (QED) is 0.247. The summed E-state index contributed by atoms with van der Waals surface area (Å²) in [6, 6.07) is 10.1. The lowest BCUT2D eigenvalue weighted by atomic mass is 10.1. The molecule has 0 spiro atoms. The van der Waals surface area contributed by atoms with Gasteiger partial charge in [0.05, 0.1) is 13.6 Å². The molecule has 0 amide bonds. The maximum atomic E-state index is 12.4. The summed E-state index contributed by atoms with van der Waals surface area (Å²) in [6.45, 7) is 3.60.